The Labute approximate surface area is 316 Å². The highest BCUT2D eigenvalue weighted by Gasteiger charge is 2.39. The molecule has 7 rings (SSSR count). The predicted molar refractivity (Wildman–Crippen MR) is 210 cm³/mol. The van der Waals surface area contributed by atoms with Crippen molar-refractivity contribution >= 4 is 40.4 Å². The molecule has 52 heavy (non-hydrogen) atoms. The van der Waals surface area contributed by atoms with Crippen LogP contribution in [-0.4, -0.2) is 56.6 Å². The zero-order valence-corrected chi connectivity index (χ0v) is 32.5. The molecular formula is C42H51N5O3S2. The summed E-state index contributed by atoms with van der Waals surface area (Å²) < 4.78 is 0. The minimum absolute atomic E-state index is 0.0255. The van der Waals surface area contributed by atoms with Gasteiger partial charge in [0.15, 0.2) is 0 Å². The molecule has 274 valence electrons. The van der Waals surface area contributed by atoms with Gasteiger partial charge in [-0.2, -0.15) is 0 Å². The number of nitrogens with one attached hydrogen (secondary N) is 1. The van der Waals surface area contributed by atoms with Crippen molar-refractivity contribution in [3.8, 4) is 32.0 Å². The molecule has 3 aliphatic rings. The Morgan fingerprint density at radius 2 is 1.21 bits per heavy atom. The quantitative estimate of drug-likeness (QED) is 0.148. The Hall–Kier alpha value is -3.89. The maximum atomic E-state index is 13.8. The van der Waals surface area contributed by atoms with E-state index in [0.717, 1.165) is 93.5 Å². The van der Waals surface area contributed by atoms with E-state index < -0.39 is 6.04 Å². The lowest BCUT2D eigenvalue weighted by molar-refractivity contribution is -0.138. The summed E-state index contributed by atoms with van der Waals surface area (Å²) in [4.78, 5) is 55.2. The molecule has 0 radical (unpaired) electrons. The fraction of sp³-hybridized carbons (Fsp3) is 0.500. The molecule has 0 spiro atoms. The van der Waals surface area contributed by atoms with E-state index >= 15 is 0 Å². The van der Waals surface area contributed by atoms with E-state index in [9.17, 15) is 14.4 Å². The second kappa shape index (κ2) is 16.0. The summed E-state index contributed by atoms with van der Waals surface area (Å²) in [7, 11) is 0. The van der Waals surface area contributed by atoms with Crippen molar-refractivity contribution in [3.63, 3.8) is 0 Å². The Bertz CT molecular complexity index is 1860. The number of thiazole rings is 2. The van der Waals surface area contributed by atoms with E-state index in [0.29, 0.717) is 31.2 Å². The van der Waals surface area contributed by atoms with Crippen molar-refractivity contribution in [2.45, 2.75) is 104 Å². The number of rotatable bonds is 13. The monoisotopic (exact) mass is 737 g/mol. The van der Waals surface area contributed by atoms with Crippen molar-refractivity contribution in [3.05, 3.63) is 70.9 Å². The van der Waals surface area contributed by atoms with Gasteiger partial charge in [0.05, 0.1) is 21.8 Å². The molecule has 3 fully saturated rings. The highest BCUT2D eigenvalue weighted by atomic mass is 32.1. The number of hydrogen-bond donors (Lipinski definition) is 1. The standard InChI is InChI=1S/C42H51N5O3S2/c1-26(2)9-20-38(48)46-21-5-7-34(46)40-43-24-36(51-40)30-14-10-28(11-15-30)29-12-16-31(17-13-29)37-25-44-41(52-37)35-8-6-22-47(35)42(50)33(23-27(3)4)45-39(49)32-18-19-32/h10-17,24-27,32-35H,5-9,18-23H2,1-4H3,(H,45,49)/t33-,34+,35+/m1/s1. The molecule has 2 saturated heterocycles. The molecular weight excluding hydrogens is 687 g/mol. The lowest BCUT2D eigenvalue weighted by atomic mass is 10.0. The van der Waals surface area contributed by atoms with Gasteiger partial charge in [0.2, 0.25) is 17.7 Å². The third kappa shape index (κ3) is 8.33. The number of likely N-dealkylation sites (tertiary alicyclic amines) is 2. The van der Waals surface area contributed by atoms with Crippen LogP contribution in [0.3, 0.4) is 0 Å². The average molecular weight is 738 g/mol. The van der Waals surface area contributed by atoms with Gasteiger partial charge in [-0.3, -0.25) is 14.4 Å². The maximum absolute atomic E-state index is 13.8. The van der Waals surface area contributed by atoms with Crippen molar-refractivity contribution in [2.24, 2.45) is 17.8 Å². The van der Waals surface area contributed by atoms with Crippen LogP contribution in [0, 0.1) is 17.8 Å². The second-order valence-corrected chi connectivity index (χ2v) is 17.7. The zero-order valence-electron chi connectivity index (χ0n) is 30.8. The second-order valence-electron chi connectivity index (χ2n) is 15.6. The first kappa shape index (κ1) is 36.5. The van der Waals surface area contributed by atoms with Crippen LogP contribution in [0.1, 0.15) is 108 Å². The summed E-state index contributed by atoms with van der Waals surface area (Å²) in [5, 5.41) is 5.08. The lowest BCUT2D eigenvalue weighted by Gasteiger charge is -2.29. The topological polar surface area (TPSA) is 95.5 Å². The zero-order chi connectivity index (χ0) is 36.4. The van der Waals surface area contributed by atoms with E-state index in [-0.39, 0.29) is 35.7 Å². The van der Waals surface area contributed by atoms with Crippen LogP contribution >= 0.6 is 22.7 Å². The number of carbonyl (C=O) groups excluding carboxylic acids is 3. The van der Waals surface area contributed by atoms with E-state index in [4.69, 9.17) is 9.97 Å². The van der Waals surface area contributed by atoms with Crippen LogP contribution in [0.4, 0.5) is 0 Å². The van der Waals surface area contributed by atoms with Crippen LogP contribution < -0.4 is 5.32 Å². The Balaban J connectivity index is 0.989. The van der Waals surface area contributed by atoms with Crippen molar-refractivity contribution in [1.82, 2.24) is 25.1 Å². The first-order valence-corrected chi connectivity index (χ1v) is 20.8. The summed E-state index contributed by atoms with van der Waals surface area (Å²) in [5.74, 6) is 1.22. The number of hydrogen-bond acceptors (Lipinski definition) is 7. The lowest BCUT2D eigenvalue weighted by Crippen LogP contribution is -2.49. The molecule has 4 aromatic rings. The largest absolute Gasteiger partial charge is 0.344 e. The molecule has 2 aliphatic heterocycles. The minimum atomic E-state index is -0.478. The number of amides is 3. The molecule has 3 atom stereocenters. The van der Waals surface area contributed by atoms with Gasteiger partial charge in [-0.1, -0.05) is 76.2 Å². The van der Waals surface area contributed by atoms with Gasteiger partial charge in [0.1, 0.15) is 16.1 Å². The molecule has 0 bridgehead atoms. The van der Waals surface area contributed by atoms with Crippen LogP contribution in [0.5, 0.6) is 0 Å². The number of carbonyl (C=O) groups is 3. The van der Waals surface area contributed by atoms with Gasteiger partial charge in [0.25, 0.3) is 0 Å². The normalized spacial score (nSPS) is 19.5. The first-order chi connectivity index (χ1) is 25.1. The summed E-state index contributed by atoms with van der Waals surface area (Å²) in [6.07, 6.45) is 11.8. The van der Waals surface area contributed by atoms with Gasteiger partial charge in [-0.05, 0) is 85.5 Å². The van der Waals surface area contributed by atoms with Gasteiger partial charge in [-0.15, -0.1) is 22.7 Å². The van der Waals surface area contributed by atoms with E-state index in [1.54, 1.807) is 22.7 Å². The summed E-state index contributed by atoms with van der Waals surface area (Å²) in [6, 6.07) is 16.8. The molecule has 8 nitrogen and oxygen atoms in total. The maximum Gasteiger partial charge on any atom is 0.245 e. The molecule has 2 aromatic carbocycles. The molecule has 4 heterocycles. The molecule has 1 saturated carbocycles. The van der Waals surface area contributed by atoms with Gasteiger partial charge in [0, 0.05) is 37.8 Å². The van der Waals surface area contributed by atoms with Gasteiger partial charge in [-0.25, -0.2) is 9.97 Å². The minimum Gasteiger partial charge on any atom is -0.344 e. The molecule has 10 heteroatoms. The van der Waals surface area contributed by atoms with Crippen molar-refractivity contribution in [1.29, 1.82) is 0 Å². The number of nitrogens with zero attached hydrogens (tertiary/aromatic N) is 4. The number of benzene rings is 2. The van der Waals surface area contributed by atoms with Crippen LogP contribution in [0.15, 0.2) is 60.9 Å². The third-order valence-corrected chi connectivity index (χ3v) is 12.9. The van der Waals surface area contributed by atoms with E-state index in [1.165, 1.54) is 0 Å². The third-order valence-electron chi connectivity index (χ3n) is 10.6. The van der Waals surface area contributed by atoms with Crippen molar-refractivity contribution in [2.75, 3.05) is 13.1 Å². The van der Waals surface area contributed by atoms with Crippen molar-refractivity contribution < 1.29 is 14.4 Å². The van der Waals surface area contributed by atoms with Crippen LogP contribution in [0.25, 0.3) is 32.0 Å². The van der Waals surface area contributed by atoms with E-state index in [2.05, 4.69) is 86.4 Å². The SMILES string of the molecule is CC(C)CCC(=O)N1CCC[C@H]1c1ncc(-c2ccc(-c3ccc(-c4cnc([C@@H]5CCCN5C(=O)[C@@H](CC(C)C)NC(=O)C5CC5)s4)cc3)cc2)s1. The molecule has 0 unspecified atom stereocenters. The Morgan fingerprint density at radius 1 is 0.712 bits per heavy atom. The summed E-state index contributed by atoms with van der Waals surface area (Å²) >= 11 is 3.36. The molecule has 3 amide bonds. The van der Waals surface area contributed by atoms with E-state index in [1.807, 2.05) is 17.3 Å². The van der Waals surface area contributed by atoms with Crippen LogP contribution in [0.2, 0.25) is 0 Å². The molecule has 2 aromatic heterocycles. The molecule has 1 aliphatic carbocycles. The van der Waals surface area contributed by atoms with Crippen LogP contribution in [-0.2, 0) is 14.4 Å². The Morgan fingerprint density at radius 3 is 1.71 bits per heavy atom. The van der Waals surface area contributed by atoms with Gasteiger partial charge < -0.3 is 15.1 Å². The number of aromatic nitrogens is 2. The highest BCUT2D eigenvalue weighted by Crippen LogP contribution is 2.40. The predicted octanol–water partition coefficient (Wildman–Crippen LogP) is 9.30. The Kier molecular flexibility index (Phi) is 11.2. The first-order valence-electron chi connectivity index (χ1n) is 19.2. The smallest absolute Gasteiger partial charge is 0.245 e. The summed E-state index contributed by atoms with van der Waals surface area (Å²) in [5.41, 5.74) is 4.53. The fourth-order valence-corrected chi connectivity index (χ4v) is 9.64. The summed E-state index contributed by atoms with van der Waals surface area (Å²) in [6.45, 7) is 10.1. The molecule has 1 N–H and O–H groups in total. The highest BCUT2D eigenvalue weighted by molar-refractivity contribution is 7.15. The fourth-order valence-electron chi connectivity index (χ4n) is 7.50. The average Bonchev–Trinajstić information content (AvgIpc) is 3.59. The van der Waals surface area contributed by atoms with Gasteiger partial charge >= 0.3 is 0 Å².